The minimum atomic E-state index is -1.07. The zero-order chi connectivity index (χ0) is 14.0. The molecule has 0 unspecified atom stereocenters. The summed E-state index contributed by atoms with van der Waals surface area (Å²) in [5, 5.41) is 15.8. The lowest BCUT2D eigenvalue weighted by Gasteiger charge is -2.27. The Hall–Kier alpha value is -1.76. The van der Waals surface area contributed by atoms with E-state index in [9.17, 15) is 9.59 Å². The van der Waals surface area contributed by atoms with Gasteiger partial charge in [-0.15, -0.1) is 11.6 Å². The number of rotatable bonds is 3. The predicted octanol–water partition coefficient (Wildman–Crippen LogP) is 0.425. The molecule has 1 aliphatic heterocycles. The minimum Gasteiger partial charge on any atom is -0.476 e. The van der Waals surface area contributed by atoms with Crippen LogP contribution in [-0.4, -0.2) is 50.8 Å². The number of urea groups is 1. The van der Waals surface area contributed by atoms with E-state index < -0.39 is 5.97 Å². The van der Waals surface area contributed by atoms with E-state index in [0.717, 1.165) is 5.69 Å². The predicted molar refractivity (Wildman–Crippen MR) is 68.4 cm³/mol. The van der Waals surface area contributed by atoms with Gasteiger partial charge in [-0.2, -0.15) is 5.10 Å². The smallest absolute Gasteiger partial charge is 0.356 e. The number of hydrogen-bond donors (Lipinski definition) is 2. The van der Waals surface area contributed by atoms with Crippen LogP contribution in [0.5, 0.6) is 0 Å². The molecule has 19 heavy (non-hydrogen) atoms. The number of aryl methyl sites for hydroxylation is 1. The third-order valence-corrected chi connectivity index (χ3v) is 3.29. The van der Waals surface area contributed by atoms with Gasteiger partial charge in [0, 0.05) is 43.7 Å². The number of carboxylic acids is 1. The number of nitrogens with zero attached hydrogens (tertiary/aromatic N) is 3. The second-order valence-electron chi connectivity index (χ2n) is 4.30. The van der Waals surface area contributed by atoms with E-state index in [1.807, 2.05) is 0 Å². The van der Waals surface area contributed by atoms with Gasteiger partial charge >= 0.3 is 12.0 Å². The summed E-state index contributed by atoms with van der Waals surface area (Å²) in [4.78, 5) is 24.5. The summed E-state index contributed by atoms with van der Waals surface area (Å²) in [5.74, 6) is -0.724. The molecular weight excluding hydrogens is 272 g/mol. The van der Waals surface area contributed by atoms with Crippen molar-refractivity contribution in [3.8, 4) is 0 Å². The first-order valence-electron chi connectivity index (χ1n) is 5.91. The van der Waals surface area contributed by atoms with E-state index in [4.69, 9.17) is 16.7 Å². The molecule has 0 radical (unpaired) electrons. The highest BCUT2D eigenvalue weighted by Gasteiger charge is 2.28. The average Bonchev–Trinajstić information content (AvgIpc) is 2.73. The highest BCUT2D eigenvalue weighted by molar-refractivity contribution is 6.18. The fourth-order valence-electron chi connectivity index (χ4n) is 2.20. The molecule has 2 amide bonds. The van der Waals surface area contributed by atoms with E-state index in [0.29, 0.717) is 31.0 Å². The zero-order valence-corrected chi connectivity index (χ0v) is 11.3. The number of carbonyl (C=O) groups excluding carboxylic acids is 1. The van der Waals surface area contributed by atoms with Crippen LogP contribution in [0.1, 0.15) is 21.7 Å². The number of alkyl halides is 1. The van der Waals surface area contributed by atoms with Crippen molar-refractivity contribution in [3.63, 3.8) is 0 Å². The maximum atomic E-state index is 11.8. The first-order valence-corrected chi connectivity index (χ1v) is 6.44. The standard InChI is InChI=1S/C11H15ClN4O3/c1-15-8-2-5-16(11(19)13-4-3-12)6-7(8)9(14-15)10(17)18/h2-6H2,1H3,(H,13,19)(H,17,18). The zero-order valence-electron chi connectivity index (χ0n) is 10.5. The highest BCUT2D eigenvalue weighted by atomic mass is 35.5. The average molecular weight is 287 g/mol. The Morgan fingerprint density at radius 1 is 1.53 bits per heavy atom. The molecule has 1 aromatic rings. The molecule has 2 N–H and O–H groups in total. The molecule has 0 aliphatic carbocycles. The van der Waals surface area contributed by atoms with Crippen LogP contribution < -0.4 is 5.32 Å². The molecule has 2 heterocycles. The summed E-state index contributed by atoms with van der Waals surface area (Å²) in [6.45, 7) is 1.20. The van der Waals surface area contributed by atoms with Crippen LogP contribution in [0.2, 0.25) is 0 Å². The van der Waals surface area contributed by atoms with Crippen LogP contribution in [0, 0.1) is 0 Å². The second kappa shape index (κ2) is 5.48. The van der Waals surface area contributed by atoms with E-state index in [1.165, 1.54) is 0 Å². The molecule has 0 fully saturated rings. The van der Waals surface area contributed by atoms with Gasteiger partial charge in [0.05, 0.1) is 6.54 Å². The van der Waals surface area contributed by atoms with Gasteiger partial charge < -0.3 is 15.3 Å². The summed E-state index contributed by atoms with van der Waals surface area (Å²) in [5.41, 5.74) is 1.51. The van der Waals surface area contributed by atoms with Crippen molar-refractivity contribution in [3.05, 3.63) is 17.0 Å². The van der Waals surface area contributed by atoms with Crippen molar-refractivity contribution in [1.29, 1.82) is 0 Å². The molecule has 0 saturated heterocycles. The van der Waals surface area contributed by atoms with E-state index in [2.05, 4.69) is 10.4 Å². The van der Waals surface area contributed by atoms with Crippen LogP contribution >= 0.6 is 11.6 Å². The summed E-state index contributed by atoms with van der Waals surface area (Å²) < 4.78 is 1.58. The van der Waals surface area contributed by atoms with Crippen LogP contribution in [-0.2, 0) is 20.0 Å². The SMILES string of the molecule is Cn1nc(C(=O)O)c2c1CCN(C(=O)NCCCl)C2. The molecule has 7 nitrogen and oxygen atoms in total. The summed E-state index contributed by atoms with van der Waals surface area (Å²) in [6, 6.07) is -0.230. The van der Waals surface area contributed by atoms with Gasteiger partial charge in [0.25, 0.3) is 0 Å². The number of hydrogen-bond acceptors (Lipinski definition) is 3. The van der Waals surface area contributed by atoms with Gasteiger partial charge in [-0.1, -0.05) is 0 Å². The third-order valence-electron chi connectivity index (χ3n) is 3.10. The third kappa shape index (κ3) is 2.65. The lowest BCUT2D eigenvalue weighted by atomic mass is 10.1. The van der Waals surface area contributed by atoms with Gasteiger partial charge in [0.2, 0.25) is 0 Å². The number of aromatic carboxylic acids is 1. The van der Waals surface area contributed by atoms with Crippen molar-refractivity contribution in [1.82, 2.24) is 20.0 Å². The lowest BCUT2D eigenvalue weighted by Crippen LogP contribution is -2.43. The molecule has 104 valence electrons. The van der Waals surface area contributed by atoms with Crippen LogP contribution in [0.15, 0.2) is 0 Å². The first-order chi connectivity index (χ1) is 9.04. The summed E-state index contributed by atoms with van der Waals surface area (Å²) >= 11 is 5.51. The molecule has 1 aromatic heterocycles. The molecule has 0 atom stereocenters. The molecule has 0 bridgehead atoms. The Morgan fingerprint density at radius 2 is 2.26 bits per heavy atom. The monoisotopic (exact) mass is 286 g/mol. The molecule has 1 aliphatic rings. The number of fused-ring (bicyclic) bond motifs is 1. The molecule has 0 saturated carbocycles. The quantitative estimate of drug-likeness (QED) is 0.789. The van der Waals surface area contributed by atoms with Crippen LogP contribution in [0.25, 0.3) is 0 Å². The fraction of sp³-hybridized carbons (Fsp3) is 0.545. The minimum absolute atomic E-state index is 0.0207. The van der Waals surface area contributed by atoms with E-state index in [-0.39, 0.29) is 18.3 Å². The Kier molecular flexibility index (Phi) is 3.94. The van der Waals surface area contributed by atoms with Crippen molar-refractivity contribution in [2.24, 2.45) is 7.05 Å². The van der Waals surface area contributed by atoms with Crippen molar-refractivity contribution in [2.75, 3.05) is 19.0 Å². The number of carboxylic acid groups (broad SMARTS) is 1. The summed E-state index contributed by atoms with van der Waals surface area (Å²) in [6.07, 6.45) is 0.598. The number of halogens is 1. The van der Waals surface area contributed by atoms with Crippen molar-refractivity contribution < 1.29 is 14.7 Å². The number of carbonyl (C=O) groups is 2. The molecule has 0 aromatic carbocycles. The van der Waals surface area contributed by atoms with Gasteiger partial charge in [-0.3, -0.25) is 4.68 Å². The topological polar surface area (TPSA) is 87.5 Å². The maximum Gasteiger partial charge on any atom is 0.356 e. The normalized spacial score (nSPS) is 14.1. The fourth-order valence-corrected chi connectivity index (χ4v) is 2.30. The maximum absolute atomic E-state index is 11.8. The second-order valence-corrected chi connectivity index (χ2v) is 4.67. The number of nitrogens with one attached hydrogen (secondary N) is 1. The number of aromatic nitrogens is 2. The van der Waals surface area contributed by atoms with Gasteiger partial charge in [0.1, 0.15) is 0 Å². The number of amides is 2. The lowest BCUT2D eigenvalue weighted by molar-refractivity contribution is 0.0687. The van der Waals surface area contributed by atoms with E-state index in [1.54, 1.807) is 16.6 Å². The Morgan fingerprint density at radius 3 is 2.89 bits per heavy atom. The molecule has 0 spiro atoms. The van der Waals surface area contributed by atoms with Gasteiger partial charge in [0.15, 0.2) is 5.69 Å². The van der Waals surface area contributed by atoms with Crippen LogP contribution in [0.3, 0.4) is 0 Å². The first kappa shape index (κ1) is 13.7. The van der Waals surface area contributed by atoms with E-state index >= 15 is 0 Å². The Bertz CT molecular complexity index is 514. The molecule has 2 rings (SSSR count). The molecule has 8 heteroatoms. The largest absolute Gasteiger partial charge is 0.476 e. The Balaban J connectivity index is 2.18. The van der Waals surface area contributed by atoms with Gasteiger partial charge in [-0.05, 0) is 0 Å². The summed E-state index contributed by atoms with van der Waals surface area (Å²) in [7, 11) is 1.72. The van der Waals surface area contributed by atoms with Gasteiger partial charge in [-0.25, -0.2) is 9.59 Å². The van der Waals surface area contributed by atoms with Crippen LogP contribution in [0.4, 0.5) is 4.79 Å². The van der Waals surface area contributed by atoms with Crippen molar-refractivity contribution >= 4 is 23.6 Å². The molecular formula is C11H15ClN4O3. The Labute approximate surface area is 115 Å². The highest BCUT2D eigenvalue weighted by Crippen LogP contribution is 2.22. The van der Waals surface area contributed by atoms with Crippen molar-refractivity contribution in [2.45, 2.75) is 13.0 Å².